The van der Waals surface area contributed by atoms with Crippen molar-refractivity contribution in [1.29, 1.82) is 0 Å². The molecule has 0 radical (unpaired) electrons. The molecular weight excluding hydrogens is 398 g/mol. The van der Waals surface area contributed by atoms with Crippen LogP contribution in [0.4, 0.5) is 0 Å². The number of rotatable bonds is 4. The number of nitrogens with zero attached hydrogens (tertiary/aromatic N) is 1. The van der Waals surface area contributed by atoms with Gasteiger partial charge in [0.2, 0.25) is 5.56 Å². The Kier molecular flexibility index (Phi) is 6.78. The molecule has 166 valence electrons. The van der Waals surface area contributed by atoms with Gasteiger partial charge in [-0.3, -0.25) is 14.6 Å². The molecule has 1 heterocycles. The first kappa shape index (κ1) is 23.2. The third-order valence-corrected chi connectivity index (χ3v) is 6.17. The first-order valence-corrected chi connectivity index (χ1v) is 10.6. The van der Waals surface area contributed by atoms with Gasteiger partial charge in [-0.2, -0.15) is 0 Å². The van der Waals surface area contributed by atoms with Gasteiger partial charge in [0.05, 0.1) is 0 Å². The second-order valence-electron chi connectivity index (χ2n) is 8.12. The summed E-state index contributed by atoms with van der Waals surface area (Å²) in [6.45, 7) is 4.21. The molecule has 1 aromatic heterocycles. The smallest absolute Gasteiger partial charge is 0.251 e. The summed E-state index contributed by atoms with van der Waals surface area (Å²) in [5.74, 6) is 0.118. The summed E-state index contributed by atoms with van der Waals surface area (Å²) in [6, 6.07) is 11.0. The first-order chi connectivity index (χ1) is 15.0. The molecule has 0 saturated heterocycles. The van der Waals surface area contributed by atoms with E-state index in [4.69, 9.17) is 4.99 Å². The lowest BCUT2D eigenvalue weighted by atomic mass is 9.63. The number of hydrogen-bond acceptors (Lipinski definition) is 3. The summed E-state index contributed by atoms with van der Waals surface area (Å²) in [6.07, 6.45) is 11.6. The second-order valence-corrected chi connectivity index (χ2v) is 8.12. The summed E-state index contributed by atoms with van der Waals surface area (Å²) in [5.41, 5.74) is 5.48. The molecule has 0 saturated carbocycles. The number of aromatic amines is 1. The van der Waals surface area contributed by atoms with E-state index in [1.807, 2.05) is 42.6 Å². The molecule has 1 amide bonds. The van der Waals surface area contributed by atoms with Gasteiger partial charge in [0, 0.05) is 48.5 Å². The number of amides is 1. The number of carbonyl (C=O) groups excluding carboxylic acids is 1. The molecule has 0 aliphatic heterocycles. The van der Waals surface area contributed by atoms with Crippen LogP contribution in [0, 0.1) is 5.92 Å². The molecule has 5 heteroatoms. The van der Waals surface area contributed by atoms with E-state index in [0.29, 0.717) is 5.56 Å². The molecule has 2 N–H and O–H groups in total. The molecule has 2 aromatic rings. The van der Waals surface area contributed by atoms with Crippen molar-refractivity contribution in [3.63, 3.8) is 0 Å². The molecule has 2 aliphatic rings. The standard InChI is InChI=1S/C26H27N3O2.CH4/c1-4-21-19-14-17(2)16-26(21,22-11-12-24(30)29-23(22)15-19)28-13-7-9-18-8-5-6-10-20(18)25(31)27-3;/h4-14,19H,15-16H2,1-3H3,(H,27,31)(H,29,30);1H4/b9-7+,21-4+,28-13?;. The number of aromatic nitrogens is 1. The van der Waals surface area contributed by atoms with Gasteiger partial charge in [0.15, 0.2) is 0 Å². The molecule has 0 fully saturated rings. The van der Waals surface area contributed by atoms with Gasteiger partial charge in [-0.15, -0.1) is 0 Å². The summed E-state index contributed by atoms with van der Waals surface area (Å²) in [5, 5.41) is 2.68. The average molecular weight is 430 g/mol. The maximum atomic E-state index is 12.1. The monoisotopic (exact) mass is 429 g/mol. The highest BCUT2D eigenvalue weighted by molar-refractivity contribution is 5.98. The van der Waals surface area contributed by atoms with Crippen LogP contribution in [0.15, 0.2) is 75.6 Å². The van der Waals surface area contributed by atoms with Crippen LogP contribution in [-0.2, 0) is 12.0 Å². The maximum absolute atomic E-state index is 12.1. The van der Waals surface area contributed by atoms with Gasteiger partial charge >= 0.3 is 0 Å². The molecule has 4 rings (SSSR count). The zero-order valence-corrected chi connectivity index (χ0v) is 18.1. The Morgan fingerprint density at radius 3 is 2.78 bits per heavy atom. The van der Waals surface area contributed by atoms with Gasteiger partial charge in [0.1, 0.15) is 5.54 Å². The summed E-state index contributed by atoms with van der Waals surface area (Å²) in [4.78, 5) is 32.2. The van der Waals surface area contributed by atoms with Crippen molar-refractivity contribution in [1.82, 2.24) is 10.3 Å². The SMILES string of the molecule is C.C/C=C1\C2C=C(C)CC1(N=C/C=C/c1ccccc1C(=O)NC)c1ccc(=O)[nH]c1C2. The fourth-order valence-corrected chi connectivity index (χ4v) is 4.95. The first-order valence-electron chi connectivity index (χ1n) is 10.6. The summed E-state index contributed by atoms with van der Waals surface area (Å²) in [7, 11) is 1.63. The molecule has 1 aromatic carbocycles. The summed E-state index contributed by atoms with van der Waals surface area (Å²) < 4.78 is 0. The van der Waals surface area contributed by atoms with Gasteiger partial charge < -0.3 is 10.3 Å². The van der Waals surface area contributed by atoms with E-state index in [9.17, 15) is 9.59 Å². The van der Waals surface area contributed by atoms with Gasteiger partial charge in [-0.1, -0.05) is 49.4 Å². The van der Waals surface area contributed by atoms with E-state index >= 15 is 0 Å². The number of fused-ring (bicyclic) bond motifs is 4. The Balaban J connectivity index is 0.00000289. The summed E-state index contributed by atoms with van der Waals surface area (Å²) >= 11 is 0. The lowest BCUT2D eigenvalue weighted by Crippen LogP contribution is -2.40. The van der Waals surface area contributed by atoms with Crippen LogP contribution in [0.1, 0.15) is 54.9 Å². The number of pyridine rings is 1. The number of aliphatic imine (C=N–C) groups is 1. The lowest BCUT2D eigenvalue weighted by molar-refractivity contribution is 0.0963. The highest BCUT2D eigenvalue weighted by atomic mass is 16.1. The average Bonchev–Trinajstić information content (AvgIpc) is 2.75. The van der Waals surface area contributed by atoms with E-state index in [1.54, 1.807) is 19.2 Å². The minimum absolute atomic E-state index is 0. The molecular formula is C27H31N3O2. The van der Waals surface area contributed by atoms with Crippen LogP contribution in [0.5, 0.6) is 0 Å². The molecule has 5 nitrogen and oxygen atoms in total. The van der Waals surface area contributed by atoms with Crippen molar-refractivity contribution in [2.75, 3.05) is 7.05 Å². The van der Waals surface area contributed by atoms with Crippen LogP contribution in [0.2, 0.25) is 0 Å². The van der Waals surface area contributed by atoms with Crippen LogP contribution >= 0.6 is 0 Å². The number of allylic oxidation sites excluding steroid dienone is 3. The van der Waals surface area contributed by atoms with E-state index in [2.05, 4.69) is 36.3 Å². The highest BCUT2D eigenvalue weighted by Gasteiger charge is 2.46. The topological polar surface area (TPSA) is 74.3 Å². The Labute approximate surface area is 189 Å². The zero-order valence-electron chi connectivity index (χ0n) is 18.1. The molecule has 2 unspecified atom stereocenters. The third-order valence-electron chi connectivity index (χ3n) is 6.17. The molecule has 2 aliphatic carbocycles. The Morgan fingerprint density at radius 2 is 2.03 bits per heavy atom. The number of hydrogen-bond donors (Lipinski definition) is 2. The predicted octanol–water partition coefficient (Wildman–Crippen LogP) is 4.82. The van der Waals surface area contributed by atoms with Crippen molar-refractivity contribution >= 4 is 18.2 Å². The van der Waals surface area contributed by atoms with E-state index in [1.165, 1.54) is 11.1 Å². The van der Waals surface area contributed by atoms with Crippen molar-refractivity contribution < 1.29 is 4.79 Å². The van der Waals surface area contributed by atoms with E-state index in [-0.39, 0.29) is 24.8 Å². The van der Waals surface area contributed by atoms with Crippen LogP contribution < -0.4 is 10.9 Å². The fraction of sp³-hybridized carbons (Fsp3) is 0.296. The Bertz CT molecular complexity index is 1200. The van der Waals surface area contributed by atoms with Crippen LogP contribution in [0.3, 0.4) is 0 Å². The molecule has 32 heavy (non-hydrogen) atoms. The maximum Gasteiger partial charge on any atom is 0.251 e. The second kappa shape index (κ2) is 9.35. The van der Waals surface area contributed by atoms with Crippen LogP contribution in [-0.4, -0.2) is 24.2 Å². The van der Waals surface area contributed by atoms with Crippen molar-refractivity contribution in [3.05, 3.63) is 98.5 Å². The number of H-pyrrole nitrogens is 1. The van der Waals surface area contributed by atoms with Gasteiger partial charge in [-0.05, 0) is 49.6 Å². The number of benzene rings is 1. The zero-order chi connectivity index (χ0) is 22.0. The van der Waals surface area contributed by atoms with Crippen molar-refractivity contribution in [2.24, 2.45) is 10.9 Å². The van der Waals surface area contributed by atoms with Gasteiger partial charge in [-0.25, -0.2) is 0 Å². The van der Waals surface area contributed by atoms with Gasteiger partial charge in [0.25, 0.3) is 5.91 Å². The lowest BCUT2D eigenvalue weighted by Gasteiger charge is -2.45. The normalized spacial score (nSPS) is 23.0. The fourth-order valence-electron chi connectivity index (χ4n) is 4.95. The Morgan fingerprint density at radius 1 is 1.25 bits per heavy atom. The minimum Gasteiger partial charge on any atom is -0.355 e. The Hall–Kier alpha value is -3.47. The van der Waals surface area contributed by atoms with Crippen molar-refractivity contribution in [3.8, 4) is 0 Å². The third kappa shape index (κ3) is 4.03. The molecule has 2 atom stereocenters. The number of carbonyl (C=O) groups is 1. The molecule has 0 spiro atoms. The highest BCUT2D eigenvalue weighted by Crippen LogP contribution is 2.51. The van der Waals surface area contributed by atoms with E-state index in [0.717, 1.165) is 29.7 Å². The largest absolute Gasteiger partial charge is 0.355 e. The number of nitrogens with one attached hydrogen (secondary N) is 2. The van der Waals surface area contributed by atoms with Crippen molar-refractivity contribution in [2.45, 2.75) is 39.7 Å². The molecule has 2 bridgehead atoms. The predicted molar refractivity (Wildman–Crippen MR) is 132 cm³/mol. The minimum atomic E-state index is -0.513. The quantitative estimate of drug-likeness (QED) is 0.540. The van der Waals surface area contributed by atoms with Crippen LogP contribution in [0.25, 0.3) is 6.08 Å². The van der Waals surface area contributed by atoms with E-state index < -0.39 is 5.54 Å².